The van der Waals surface area contributed by atoms with Gasteiger partial charge in [-0.25, -0.2) is 4.39 Å². The van der Waals surface area contributed by atoms with Gasteiger partial charge >= 0.3 is 0 Å². The number of amides is 4. The van der Waals surface area contributed by atoms with Crippen LogP contribution in [0, 0.1) is 5.82 Å². The Bertz CT molecular complexity index is 1150. The van der Waals surface area contributed by atoms with Gasteiger partial charge in [0.15, 0.2) is 0 Å². The van der Waals surface area contributed by atoms with Gasteiger partial charge in [-0.2, -0.15) is 10.2 Å². The molecule has 9 nitrogen and oxygen atoms in total. The number of benzene rings is 1. The van der Waals surface area contributed by atoms with Crippen LogP contribution in [-0.4, -0.2) is 62.8 Å². The number of aromatic nitrogens is 2. The van der Waals surface area contributed by atoms with Gasteiger partial charge in [-0.05, 0) is 54.5 Å². The first kappa shape index (κ1) is 21.2. The number of nitrogens with one attached hydrogen (secondary N) is 1. The third-order valence-electron chi connectivity index (χ3n) is 6.71. The lowest BCUT2D eigenvalue weighted by Crippen LogP contribution is -2.52. The van der Waals surface area contributed by atoms with Gasteiger partial charge in [0.2, 0.25) is 11.8 Å². The maximum Gasteiger partial charge on any atom is 0.255 e. The topological polar surface area (TPSA) is 113 Å². The summed E-state index contributed by atoms with van der Waals surface area (Å²) in [5, 5.41) is 9.72. The molecule has 33 heavy (non-hydrogen) atoms. The lowest BCUT2D eigenvalue weighted by molar-refractivity contribution is -0.136. The molecule has 0 radical (unpaired) electrons. The van der Waals surface area contributed by atoms with Gasteiger partial charge in [-0.3, -0.25) is 24.5 Å². The first-order valence-corrected chi connectivity index (χ1v) is 11.0. The minimum Gasteiger partial charge on any atom is -0.339 e. The van der Waals surface area contributed by atoms with Crippen molar-refractivity contribution in [2.24, 2.45) is 0 Å². The Kier molecular flexibility index (Phi) is 5.35. The predicted octanol–water partition coefficient (Wildman–Crippen LogP) is 1.40. The molecule has 10 heteroatoms. The van der Waals surface area contributed by atoms with Crippen LogP contribution in [0.1, 0.15) is 63.4 Å². The van der Waals surface area contributed by atoms with E-state index in [-0.39, 0.29) is 42.7 Å². The first-order chi connectivity index (χ1) is 15.9. The molecule has 5 rings (SSSR count). The summed E-state index contributed by atoms with van der Waals surface area (Å²) in [5.74, 6) is -1.86. The minimum absolute atomic E-state index is 0.0106. The van der Waals surface area contributed by atoms with E-state index in [1.165, 1.54) is 29.4 Å². The molecule has 1 unspecified atom stereocenters. The molecule has 4 heterocycles. The summed E-state index contributed by atoms with van der Waals surface area (Å²) in [6, 6.07) is 3.57. The number of halogens is 1. The van der Waals surface area contributed by atoms with Crippen molar-refractivity contribution in [1.82, 2.24) is 25.3 Å². The molecule has 1 aromatic heterocycles. The highest BCUT2D eigenvalue weighted by Crippen LogP contribution is 2.38. The van der Waals surface area contributed by atoms with E-state index in [9.17, 15) is 23.6 Å². The Hall–Kier alpha value is -3.69. The van der Waals surface area contributed by atoms with Crippen molar-refractivity contribution in [3.8, 4) is 0 Å². The van der Waals surface area contributed by atoms with E-state index in [1.807, 2.05) is 0 Å². The van der Waals surface area contributed by atoms with E-state index >= 15 is 0 Å². The lowest BCUT2D eigenvalue weighted by atomic mass is 9.85. The zero-order valence-electron chi connectivity index (χ0n) is 17.8. The number of carbonyl (C=O) groups excluding carboxylic acids is 4. The zero-order chi connectivity index (χ0) is 23.1. The summed E-state index contributed by atoms with van der Waals surface area (Å²) in [7, 11) is 0. The zero-order valence-corrected chi connectivity index (χ0v) is 17.8. The Balaban J connectivity index is 1.34. The number of fused-ring (bicyclic) bond motifs is 1. The van der Waals surface area contributed by atoms with Crippen molar-refractivity contribution in [2.75, 3.05) is 13.1 Å². The molecule has 3 aliphatic heterocycles. The van der Waals surface area contributed by atoms with Crippen LogP contribution in [0.4, 0.5) is 4.39 Å². The maximum absolute atomic E-state index is 14.5. The Morgan fingerprint density at radius 3 is 2.58 bits per heavy atom. The molecule has 1 aromatic carbocycles. The molecule has 3 aliphatic rings. The SMILES string of the molecule is O=C1CCC(N2Cc3c(cc(F)cc3C3CCN(C(=O)c4ccnnc4)CC3)C2=O)C(=O)N1. The molecule has 170 valence electrons. The van der Waals surface area contributed by atoms with Crippen molar-refractivity contribution in [2.45, 2.75) is 44.2 Å². The second-order valence-corrected chi connectivity index (χ2v) is 8.62. The second kappa shape index (κ2) is 8.34. The van der Waals surface area contributed by atoms with Crippen molar-refractivity contribution < 1.29 is 23.6 Å². The number of carbonyl (C=O) groups is 4. The smallest absolute Gasteiger partial charge is 0.255 e. The fourth-order valence-corrected chi connectivity index (χ4v) is 5.01. The van der Waals surface area contributed by atoms with E-state index in [1.54, 1.807) is 11.0 Å². The number of likely N-dealkylation sites (tertiary alicyclic amines) is 1. The van der Waals surface area contributed by atoms with Gasteiger partial charge in [-0.1, -0.05) is 0 Å². The molecule has 2 saturated heterocycles. The highest BCUT2D eigenvalue weighted by atomic mass is 19.1. The molecule has 0 aliphatic carbocycles. The number of hydrogen-bond donors (Lipinski definition) is 1. The average Bonchev–Trinajstić information content (AvgIpc) is 3.15. The molecule has 2 aromatic rings. The van der Waals surface area contributed by atoms with E-state index in [2.05, 4.69) is 15.5 Å². The van der Waals surface area contributed by atoms with Crippen LogP contribution in [0.3, 0.4) is 0 Å². The molecule has 0 bridgehead atoms. The van der Waals surface area contributed by atoms with E-state index in [0.29, 0.717) is 31.5 Å². The summed E-state index contributed by atoms with van der Waals surface area (Å²) < 4.78 is 14.5. The Morgan fingerprint density at radius 2 is 1.88 bits per heavy atom. The van der Waals surface area contributed by atoms with Crippen LogP contribution in [-0.2, 0) is 16.1 Å². The highest BCUT2D eigenvalue weighted by Gasteiger charge is 2.41. The fraction of sp³-hybridized carbons (Fsp3) is 0.391. The van der Waals surface area contributed by atoms with Crippen LogP contribution in [0.2, 0.25) is 0 Å². The number of piperidine rings is 2. The number of imide groups is 1. The van der Waals surface area contributed by atoms with Crippen LogP contribution < -0.4 is 5.32 Å². The van der Waals surface area contributed by atoms with Gasteiger partial charge in [0.25, 0.3) is 11.8 Å². The third kappa shape index (κ3) is 3.85. The van der Waals surface area contributed by atoms with Crippen LogP contribution in [0.25, 0.3) is 0 Å². The van der Waals surface area contributed by atoms with Crippen LogP contribution in [0.5, 0.6) is 0 Å². The monoisotopic (exact) mass is 451 g/mol. The Morgan fingerprint density at radius 1 is 1.09 bits per heavy atom. The van der Waals surface area contributed by atoms with E-state index in [0.717, 1.165) is 11.1 Å². The quantitative estimate of drug-likeness (QED) is 0.706. The molecule has 4 amide bonds. The largest absolute Gasteiger partial charge is 0.339 e. The lowest BCUT2D eigenvalue weighted by Gasteiger charge is -2.33. The average molecular weight is 451 g/mol. The minimum atomic E-state index is -0.744. The van der Waals surface area contributed by atoms with Gasteiger partial charge in [0, 0.05) is 31.6 Å². The van der Waals surface area contributed by atoms with Crippen LogP contribution >= 0.6 is 0 Å². The normalized spacial score (nSPS) is 21.2. The number of hydrogen-bond acceptors (Lipinski definition) is 6. The molecule has 1 atom stereocenters. The van der Waals surface area contributed by atoms with Crippen LogP contribution in [0.15, 0.2) is 30.6 Å². The summed E-state index contributed by atoms with van der Waals surface area (Å²) >= 11 is 0. The fourth-order valence-electron chi connectivity index (χ4n) is 5.01. The van der Waals surface area contributed by atoms with E-state index < -0.39 is 23.7 Å². The van der Waals surface area contributed by atoms with E-state index in [4.69, 9.17) is 0 Å². The highest BCUT2D eigenvalue weighted by molar-refractivity contribution is 6.05. The Labute approximate surface area is 189 Å². The van der Waals surface area contributed by atoms with Gasteiger partial charge in [-0.15, -0.1) is 0 Å². The van der Waals surface area contributed by atoms with Gasteiger partial charge in [0.1, 0.15) is 11.9 Å². The summed E-state index contributed by atoms with van der Waals surface area (Å²) in [6.07, 6.45) is 4.59. The van der Waals surface area contributed by atoms with Crippen molar-refractivity contribution in [3.63, 3.8) is 0 Å². The van der Waals surface area contributed by atoms with Crippen molar-refractivity contribution in [1.29, 1.82) is 0 Å². The maximum atomic E-state index is 14.5. The molecule has 1 N–H and O–H groups in total. The van der Waals surface area contributed by atoms with Crippen molar-refractivity contribution >= 4 is 23.6 Å². The van der Waals surface area contributed by atoms with Crippen molar-refractivity contribution in [3.05, 3.63) is 58.7 Å². The molecule has 0 saturated carbocycles. The molecular weight excluding hydrogens is 429 g/mol. The molecule has 2 fully saturated rings. The molecular formula is C23H22FN5O4. The van der Waals surface area contributed by atoms with Gasteiger partial charge < -0.3 is 9.80 Å². The summed E-state index contributed by atoms with van der Waals surface area (Å²) in [6.45, 7) is 1.21. The summed E-state index contributed by atoms with van der Waals surface area (Å²) in [5.41, 5.74) is 2.23. The predicted molar refractivity (Wildman–Crippen MR) is 112 cm³/mol. The number of nitrogens with zero attached hydrogens (tertiary/aromatic N) is 4. The third-order valence-corrected chi connectivity index (χ3v) is 6.71. The van der Waals surface area contributed by atoms with Gasteiger partial charge in [0.05, 0.1) is 18.0 Å². The standard InChI is InChI=1S/C23H22FN5O4/c24-15-9-16(13-4-7-28(8-5-13)22(32)14-3-6-25-26-11-14)18-12-29(23(33)17(18)10-15)19-1-2-20(30)27-21(19)31/h3,6,9-11,13,19H,1-2,4-5,7-8,12H2,(H,27,30,31). The second-order valence-electron chi connectivity index (χ2n) is 8.62. The molecule has 0 spiro atoms. The first-order valence-electron chi connectivity index (χ1n) is 11.0. The summed E-state index contributed by atoms with van der Waals surface area (Å²) in [4.78, 5) is 52.7. The number of rotatable bonds is 3.